The molecule has 0 aliphatic rings. The summed E-state index contributed by atoms with van der Waals surface area (Å²) in [6, 6.07) is 16.1. The first kappa shape index (κ1) is 19.7. The second kappa shape index (κ2) is 8.79. The minimum Gasteiger partial charge on any atom is -0.457 e. The third-order valence-corrected chi connectivity index (χ3v) is 6.23. The van der Waals surface area contributed by atoms with E-state index in [9.17, 15) is 4.79 Å². The maximum Gasteiger partial charge on any atom is 0.265 e. The van der Waals surface area contributed by atoms with Crippen LogP contribution in [0.4, 0.5) is 10.8 Å². The fourth-order valence-electron chi connectivity index (χ4n) is 2.52. The molecule has 0 saturated carbocycles. The second-order valence-electron chi connectivity index (χ2n) is 5.98. The summed E-state index contributed by atoms with van der Waals surface area (Å²) in [5.41, 5.74) is 0.675. The van der Waals surface area contributed by atoms with Crippen LogP contribution in [0.25, 0.3) is 9.53 Å². The molecule has 2 heterocycles. The Kier molecular flexibility index (Phi) is 5.96. The van der Waals surface area contributed by atoms with Crippen LogP contribution < -0.4 is 15.4 Å². The average Bonchev–Trinajstić information content (AvgIpc) is 3.28. The van der Waals surface area contributed by atoms with Gasteiger partial charge in [0.1, 0.15) is 16.3 Å². The summed E-state index contributed by atoms with van der Waals surface area (Å²) in [5.74, 6) is 1.16. The Hall–Kier alpha value is -2.65. The number of rotatable bonds is 7. The van der Waals surface area contributed by atoms with Gasteiger partial charge in [0.2, 0.25) is 0 Å². The van der Waals surface area contributed by atoms with Gasteiger partial charge in [-0.2, -0.15) is 0 Å². The van der Waals surface area contributed by atoms with Gasteiger partial charge in [-0.3, -0.25) is 4.79 Å². The van der Waals surface area contributed by atoms with Crippen molar-refractivity contribution in [3.05, 3.63) is 64.5 Å². The minimum absolute atomic E-state index is 0.0460. The summed E-state index contributed by atoms with van der Waals surface area (Å²) in [5, 5.41) is 16.2. The Labute approximate surface area is 179 Å². The molecule has 2 aromatic heterocycles. The molecule has 148 valence electrons. The van der Waals surface area contributed by atoms with Gasteiger partial charge in [-0.05, 0) is 54.6 Å². The Morgan fingerprint density at radius 1 is 1.07 bits per heavy atom. The monoisotopic (exact) mass is 445 g/mol. The molecule has 0 bridgehead atoms. The van der Waals surface area contributed by atoms with Gasteiger partial charge in [-0.1, -0.05) is 22.9 Å². The van der Waals surface area contributed by atoms with E-state index >= 15 is 0 Å². The van der Waals surface area contributed by atoms with Gasteiger partial charge in [0.05, 0.1) is 16.2 Å². The van der Waals surface area contributed by atoms with E-state index in [1.807, 2.05) is 6.07 Å². The number of thiophene rings is 1. The minimum atomic E-state index is -0.184. The van der Waals surface area contributed by atoms with Gasteiger partial charge >= 0.3 is 0 Å². The number of halogens is 1. The summed E-state index contributed by atoms with van der Waals surface area (Å²) < 4.78 is 6.69. The molecule has 0 spiro atoms. The molecule has 0 unspecified atom stereocenters. The number of carbonyl (C=O) groups is 1. The first-order chi connectivity index (χ1) is 14.1. The SMILES string of the molecule is O=C(Nc1ccc(Oc2ccc(Cl)cc2)cc1)c1cc2sc(NCCO)nc2s1. The number of ether oxygens (including phenoxy) is 1. The number of aliphatic hydroxyl groups is 1. The molecule has 6 nitrogen and oxygen atoms in total. The van der Waals surface area contributed by atoms with E-state index in [1.54, 1.807) is 48.5 Å². The number of hydrogen-bond acceptors (Lipinski definition) is 7. The van der Waals surface area contributed by atoms with E-state index in [2.05, 4.69) is 15.6 Å². The highest BCUT2D eigenvalue weighted by molar-refractivity contribution is 7.29. The van der Waals surface area contributed by atoms with E-state index < -0.39 is 0 Å². The Bertz CT molecular complexity index is 1090. The van der Waals surface area contributed by atoms with E-state index in [-0.39, 0.29) is 12.5 Å². The summed E-state index contributed by atoms with van der Waals surface area (Å²) in [6.07, 6.45) is 0. The van der Waals surface area contributed by atoms with Crippen molar-refractivity contribution < 1.29 is 14.6 Å². The average molecular weight is 446 g/mol. The first-order valence-corrected chi connectivity index (χ1v) is 10.7. The van der Waals surface area contributed by atoms with Crippen LogP contribution in [0.5, 0.6) is 11.5 Å². The third-order valence-electron chi connectivity index (χ3n) is 3.86. The molecule has 0 saturated heterocycles. The van der Waals surface area contributed by atoms with Gasteiger partial charge < -0.3 is 20.5 Å². The molecule has 0 atom stereocenters. The summed E-state index contributed by atoms with van der Waals surface area (Å²) in [4.78, 5) is 18.3. The number of aliphatic hydroxyl groups excluding tert-OH is 1. The molecular weight excluding hydrogens is 430 g/mol. The molecule has 0 aliphatic carbocycles. The van der Waals surface area contributed by atoms with Crippen molar-refractivity contribution in [2.75, 3.05) is 23.8 Å². The fraction of sp³-hybridized carbons (Fsp3) is 0.100. The molecule has 4 rings (SSSR count). The molecule has 0 aliphatic heterocycles. The Balaban J connectivity index is 1.39. The lowest BCUT2D eigenvalue weighted by molar-refractivity contribution is 0.103. The summed E-state index contributed by atoms with van der Waals surface area (Å²) in [7, 11) is 0. The number of nitrogens with one attached hydrogen (secondary N) is 2. The maximum absolute atomic E-state index is 12.5. The molecule has 0 radical (unpaired) electrons. The highest BCUT2D eigenvalue weighted by Crippen LogP contribution is 2.33. The van der Waals surface area contributed by atoms with Gasteiger partial charge in [0, 0.05) is 17.3 Å². The number of anilines is 2. The lowest BCUT2D eigenvalue weighted by Crippen LogP contribution is -2.09. The second-order valence-corrected chi connectivity index (χ2v) is 8.48. The molecular formula is C20H16ClN3O3S2. The predicted octanol–water partition coefficient (Wildman–Crippen LogP) is 5.46. The number of amides is 1. The van der Waals surface area contributed by atoms with Gasteiger partial charge in [-0.25, -0.2) is 4.98 Å². The van der Waals surface area contributed by atoms with Gasteiger partial charge in [0.25, 0.3) is 5.91 Å². The number of hydrogen-bond donors (Lipinski definition) is 3. The lowest BCUT2D eigenvalue weighted by atomic mass is 10.3. The largest absolute Gasteiger partial charge is 0.457 e. The quantitative estimate of drug-likeness (QED) is 0.352. The molecule has 9 heteroatoms. The molecule has 0 fully saturated rings. The van der Waals surface area contributed by atoms with Crippen LogP contribution in [0.15, 0.2) is 54.6 Å². The number of nitrogens with zero attached hydrogens (tertiary/aromatic N) is 1. The van der Waals surface area contributed by atoms with Crippen molar-refractivity contribution in [1.29, 1.82) is 0 Å². The van der Waals surface area contributed by atoms with Crippen LogP contribution in [0.1, 0.15) is 9.67 Å². The van der Waals surface area contributed by atoms with Crippen LogP contribution in [0, 0.1) is 0 Å². The molecule has 2 aromatic carbocycles. The van der Waals surface area contributed by atoms with E-state index in [4.69, 9.17) is 21.4 Å². The Morgan fingerprint density at radius 3 is 2.41 bits per heavy atom. The van der Waals surface area contributed by atoms with Crippen LogP contribution in [-0.2, 0) is 0 Å². The maximum atomic E-state index is 12.5. The Morgan fingerprint density at radius 2 is 1.76 bits per heavy atom. The van der Waals surface area contributed by atoms with Crippen molar-refractivity contribution in [3.8, 4) is 11.5 Å². The predicted molar refractivity (Wildman–Crippen MR) is 119 cm³/mol. The summed E-state index contributed by atoms with van der Waals surface area (Å²) in [6.45, 7) is 0.496. The van der Waals surface area contributed by atoms with Crippen molar-refractivity contribution in [2.45, 2.75) is 0 Å². The summed E-state index contributed by atoms with van der Waals surface area (Å²) >= 11 is 8.66. The van der Waals surface area contributed by atoms with Crippen LogP contribution >= 0.6 is 34.3 Å². The third kappa shape index (κ3) is 4.86. The zero-order valence-electron chi connectivity index (χ0n) is 15.0. The number of fused-ring (bicyclic) bond motifs is 1. The normalized spacial score (nSPS) is 10.8. The number of benzene rings is 2. The van der Waals surface area contributed by atoms with Crippen molar-refractivity contribution in [2.24, 2.45) is 0 Å². The van der Waals surface area contributed by atoms with Crippen LogP contribution in [0.3, 0.4) is 0 Å². The molecule has 4 aromatic rings. The van der Waals surface area contributed by atoms with E-state index in [1.165, 1.54) is 22.7 Å². The molecule has 1 amide bonds. The zero-order chi connectivity index (χ0) is 20.2. The van der Waals surface area contributed by atoms with Crippen molar-refractivity contribution in [1.82, 2.24) is 4.98 Å². The van der Waals surface area contributed by atoms with E-state index in [0.29, 0.717) is 33.6 Å². The van der Waals surface area contributed by atoms with Crippen molar-refractivity contribution >= 4 is 60.5 Å². The van der Waals surface area contributed by atoms with Crippen LogP contribution in [-0.4, -0.2) is 29.1 Å². The first-order valence-electron chi connectivity index (χ1n) is 8.70. The zero-order valence-corrected chi connectivity index (χ0v) is 17.4. The van der Waals surface area contributed by atoms with Crippen molar-refractivity contribution in [3.63, 3.8) is 0 Å². The molecule has 29 heavy (non-hydrogen) atoms. The fourth-order valence-corrected chi connectivity index (χ4v) is 4.69. The van der Waals surface area contributed by atoms with Crippen LogP contribution in [0.2, 0.25) is 5.02 Å². The lowest BCUT2D eigenvalue weighted by Gasteiger charge is -2.07. The highest BCUT2D eigenvalue weighted by Gasteiger charge is 2.14. The van der Waals surface area contributed by atoms with Gasteiger partial charge in [0.15, 0.2) is 5.13 Å². The highest BCUT2D eigenvalue weighted by atomic mass is 35.5. The van der Waals surface area contributed by atoms with Gasteiger partial charge in [-0.15, -0.1) is 11.3 Å². The number of thiazole rings is 1. The molecule has 3 N–H and O–H groups in total. The smallest absolute Gasteiger partial charge is 0.265 e. The standard InChI is InChI=1S/C20H16ClN3O3S2/c21-12-1-5-14(6-2-12)27-15-7-3-13(4-8-15)23-18(26)16-11-17-19(28-16)24-20(29-17)22-9-10-25/h1-8,11,25H,9-10H2,(H,22,24)(H,23,26). The number of aromatic nitrogens is 1. The number of carbonyl (C=O) groups excluding carboxylic acids is 1. The topological polar surface area (TPSA) is 83.5 Å². The van der Waals surface area contributed by atoms with E-state index in [0.717, 1.165) is 14.7 Å².